The van der Waals surface area contributed by atoms with Gasteiger partial charge in [0.2, 0.25) is 5.91 Å². The summed E-state index contributed by atoms with van der Waals surface area (Å²) in [7, 11) is 3.39. The van der Waals surface area contributed by atoms with Crippen LogP contribution in [0, 0.1) is 0 Å². The molecule has 1 amide bonds. The molecule has 0 bridgehead atoms. The van der Waals surface area contributed by atoms with Gasteiger partial charge in [-0.3, -0.25) is 4.79 Å². The van der Waals surface area contributed by atoms with Gasteiger partial charge >= 0.3 is 0 Å². The Morgan fingerprint density at radius 3 is 2.42 bits per heavy atom. The summed E-state index contributed by atoms with van der Waals surface area (Å²) in [4.78, 5) is 14.2. The summed E-state index contributed by atoms with van der Waals surface area (Å²) in [6.07, 6.45) is 2.84. The van der Waals surface area contributed by atoms with E-state index in [9.17, 15) is 4.79 Å². The fourth-order valence-electron chi connectivity index (χ4n) is 2.68. The molecule has 1 fully saturated rings. The van der Waals surface area contributed by atoms with Gasteiger partial charge in [-0.05, 0) is 30.5 Å². The van der Waals surface area contributed by atoms with Crippen molar-refractivity contribution in [3.05, 3.63) is 29.8 Å². The Hall–Kier alpha value is -1.55. The molecule has 0 saturated heterocycles. The van der Waals surface area contributed by atoms with Gasteiger partial charge in [0.15, 0.2) is 0 Å². The molecule has 2 rings (SSSR count). The maximum atomic E-state index is 12.6. The van der Waals surface area contributed by atoms with Crippen molar-refractivity contribution in [2.75, 3.05) is 27.3 Å². The molecule has 0 atom stereocenters. The van der Waals surface area contributed by atoms with Crippen LogP contribution in [0.15, 0.2) is 24.3 Å². The lowest BCUT2D eigenvalue weighted by molar-refractivity contribution is -0.140. The Bertz CT molecular complexity index is 437. The number of rotatable bonds is 5. The fourth-order valence-corrected chi connectivity index (χ4v) is 2.68. The molecule has 0 aromatic heterocycles. The van der Waals surface area contributed by atoms with Crippen molar-refractivity contribution in [1.82, 2.24) is 4.90 Å². The number of amides is 1. The Morgan fingerprint density at radius 1 is 1.37 bits per heavy atom. The molecule has 1 aliphatic rings. The van der Waals surface area contributed by atoms with Crippen molar-refractivity contribution >= 4 is 5.91 Å². The Balaban J connectivity index is 2.23. The largest absolute Gasteiger partial charge is 0.497 e. The Kier molecular flexibility index (Phi) is 4.10. The monoisotopic (exact) mass is 263 g/mol. The number of aliphatic hydroxyl groups excluding tert-OH is 1. The zero-order chi connectivity index (χ0) is 13.9. The van der Waals surface area contributed by atoms with E-state index in [-0.39, 0.29) is 12.5 Å². The summed E-state index contributed by atoms with van der Waals surface area (Å²) in [5.41, 5.74) is 0.658. The summed E-state index contributed by atoms with van der Waals surface area (Å²) in [6, 6.07) is 7.74. The van der Waals surface area contributed by atoms with Crippen molar-refractivity contribution in [2.45, 2.75) is 24.7 Å². The van der Waals surface area contributed by atoms with E-state index in [1.807, 2.05) is 24.3 Å². The van der Waals surface area contributed by atoms with Gasteiger partial charge in [0.1, 0.15) is 5.75 Å². The third-order valence-electron chi connectivity index (χ3n) is 4.04. The first-order valence-corrected chi connectivity index (χ1v) is 6.65. The number of carbonyl (C=O) groups is 1. The van der Waals surface area contributed by atoms with Crippen molar-refractivity contribution in [3.8, 4) is 5.75 Å². The van der Waals surface area contributed by atoms with Gasteiger partial charge < -0.3 is 14.7 Å². The lowest BCUT2D eigenvalue weighted by atomic mass is 9.63. The standard InChI is InChI=1S/C15H21NO3/c1-16(10-11-17)14(18)15(8-3-9-15)12-4-6-13(19-2)7-5-12/h4-7,17H,3,8-11H2,1-2H3. The predicted molar refractivity (Wildman–Crippen MR) is 73.2 cm³/mol. The zero-order valence-electron chi connectivity index (χ0n) is 11.6. The molecule has 1 aromatic rings. The number of hydrogen-bond donors (Lipinski definition) is 1. The summed E-state index contributed by atoms with van der Waals surface area (Å²) in [5.74, 6) is 0.910. The van der Waals surface area contributed by atoms with Crippen LogP contribution in [0.3, 0.4) is 0 Å². The maximum absolute atomic E-state index is 12.6. The first-order valence-electron chi connectivity index (χ1n) is 6.65. The minimum absolute atomic E-state index is 0.000925. The van der Waals surface area contributed by atoms with Crippen molar-refractivity contribution in [1.29, 1.82) is 0 Å². The normalized spacial score (nSPS) is 16.6. The highest BCUT2D eigenvalue weighted by Crippen LogP contribution is 2.45. The SMILES string of the molecule is COc1ccc(C2(C(=O)N(C)CCO)CCC2)cc1. The van der Waals surface area contributed by atoms with E-state index >= 15 is 0 Å². The molecule has 1 saturated carbocycles. The van der Waals surface area contributed by atoms with E-state index in [1.165, 1.54) is 0 Å². The van der Waals surface area contributed by atoms with Crippen LogP contribution < -0.4 is 4.74 Å². The second kappa shape index (κ2) is 5.61. The molecular weight excluding hydrogens is 242 g/mol. The smallest absolute Gasteiger partial charge is 0.233 e. The summed E-state index contributed by atoms with van der Waals surface area (Å²) >= 11 is 0. The molecule has 4 nitrogen and oxygen atoms in total. The average molecular weight is 263 g/mol. The minimum Gasteiger partial charge on any atom is -0.497 e. The first kappa shape index (κ1) is 13.9. The van der Waals surface area contributed by atoms with Gasteiger partial charge in [0.05, 0.1) is 19.1 Å². The van der Waals surface area contributed by atoms with E-state index < -0.39 is 5.41 Å². The first-order chi connectivity index (χ1) is 9.14. The molecular formula is C15H21NO3. The number of ether oxygens (including phenoxy) is 1. The van der Waals surface area contributed by atoms with Crippen LogP contribution in [0.2, 0.25) is 0 Å². The quantitative estimate of drug-likeness (QED) is 0.877. The molecule has 4 heteroatoms. The van der Waals surface area contributed by atoms with Crippen molar-refractivity contribution in [2.24, 2.45) is 0 Å². The van der Waals surface area contributed by atoms with E-state index in [2.05, 4.69) is 0 Å². The van der Waals surface area contributed by atoms with Crippen molar-refractivity contribution in [3.63, 3.8) is 0 Å². The van der Waals surface area contributed by atoms with Gasteiger partial charge in [-0.25, -0.2) is 0 Å². The van der Waals surface area contributed by atoms with Gasteiger partial charge in [-0.15, -0.1) is 0 Å². The molecule has 0 spiro atoms. The number of hydrogen-bond acceptors (Lipinski definition) is 3. The molecule has 0 unspecified atom stereocenters. The molecule has 0 aliphatic heterocycles. The minimum atomic E-state index is -0.393. The lowest BCUT2D eigenvalue weighted by Gasteiger charge is -2.43. The van der Waals surface area contributed by atoms with Crippen LogP contribution in [0.1, 0.15) is 24.8 Å². The second-order valence-corrected chi connectivity index (χ2v) is 5.11. The van der Waals surface area contributed by atoms with E-state index in [0.29, 0.717) is 6.54 Å². The topological polar surface area (TPSA) is 49.8 Å². The summed E-state index contributed by atoms with van der Waals surface area (Å²) in [5, 5.41) is 8.97. The third kappa shape index (κ3) is 2.45. The summed E-state index contributed by atoms with van der Waals surface area (Å²) < 4.78 is 5.15. The second-order valence-electron chi connectivity index (χ2n) is 5.11. The van der Waals surface area contributed by atoms with Crippen LogP contribution in [0.5, 0.6) is 5.75 Å². The molecule has 0 radical (unpaired) electrons. The van der Waals surface area contributed by atoms with E-state index in [0.717, 1.165) is 30.6 Å². The average Bonchev–Trinajstić information content (AvgIpc) is 2.38. The number of nitrogens with zero attached hydrogens (tertiary/aromatic N) is 1. The molecule has 19 heavy (non-hydrogen) atoms. The van der Waals surface area contributed by atoms with Crippen LogP contribution in [-0.4, -0.2) is 43.2 Å². The molecule has 1 N–H and O–H groups in total. The fraction of sp³-hybridized carbons (Fsp3) is 0.533. The number of carbonyl (C=O) groups excluding carboxylic acids is 1. The number of likely N-dealkylation sites (N-methyl/N-ethyl adjacent to an activating group) is 1. The highest BCUT2D eigenvalue weighted by Gasteiger charge is 2.46. The van der Waals surface area contributed by atoms with Crippen molar-refractivity contribution < 1.29 is 14.6 Å². The van der Waals surface area contributed by atoms with Gasteiger partial charge in [0.25, 0.3) is 0 Å². The van der Waals surface area contributed by atoms with Crippen LogP contribution in [0.25, 0.3) is 0 Å². The van der Waals surface area contributed by atoms with Gasteiger partial charge in [0, 0.05) is 13.6 Å². The molecule has 1 aromatic carbocycles. The molecule has 1 aliphatic carbocycles. The van der Waals surface area contributed by atoms with E-state index in [4.69, 9.17) is 9.84 Å². The lowest BCUT2D eigenvalue weighted by Crippen LogP contribution is -2.50. The maximum Gasteiger partial charge on any atom is 0.233 e. The number of aliphatic hydroxyl groups is 1. The zero-order valence-corrected chi connectivity index (χ0v) is 11.6. The number of benzene rings is 1. The third-order valence-corrected chi connectivity index (χ3v) is 4.04. The Labute approximate surface area is 114 Å². The molecule has 0 heterocycles. The van der Waals surface area contributed by atoms with E-state index in [1.54, 1.807) is 19.1 Å². The van der Waals surface area contributed by atoms with Crippen LogP contribution >= 0.6 is 0 Å². The molecule has 104 valence electrons. The number of methoxy groups -OCH3 is 1. The highest BCUT2D eigenvalue weighted by atomic mass is 16.5. The Morgan fingerprint density at radius 2 is 2.00 bits per heavy atom. The van der Waals surface area contributed by atoms with Gasteiger partial charge in [-0.2, -0.15) is 0 Å². The summed E-state index contributed by atoms with van der Waals surface area (Å²) in [6.45, 7) is 0.387. The van der Waals surface area contributed by atoms with Crippen LogP contribution in [-0.2, 0) is 10.2 Å². The van der Waals surface area contributed by atoms with Crippen LogP contribution in [0.4, 0.5) is 0 Å². The predicted octanol–water partition coefficient (Wildman–Crippen LogP) is 1.57. The van der Waals surface area contributed by atoms with Gasteiger partial charge in [-0.1, -0.05) is 18.6 Å². The highest BCUT2D eigenvalue weighted by molar-refractivity contribution is 5.89.